The number of aromatic nitrogens is 2. The number of likely N-dealkylation sites (N-methyl/N-ethyl adjacent to an activating group) is 1. The van der Waals surface area contributed by atoms with Crippen LogP contribution in [0.1, 0.15) is 17.3 Å². The van der Waals surface area contributed by atoms with E-state index in [-0.39, 0.29) is 18.4 Å². The molecule has 0 saturated carbocycles. The summed E-state index contributed by atoms with van der Waals surface area (Å²) in [7, 11) is 3.16. The third-order valence-corrected chi connectivity index (χ3v) is 5.69. The van der Waals surface area contributed by atoms with Gasteiger partial charge in [0.15, 0.2) is 0 Å². The van der Waals surface area contributed by atoms with E-state index in [9.17, 15) is 9.59 Å². The lowest BCUT2D eigenvalue weighted by Gasteiger charge is -2.20. The summed E-state index contributed by atoms with van der Waals surface area (Å²) in [6, 6.07) is 24.0. The molecule has 1 heterocycles. The van der Waals surface area contributed by atoms with E-state index in [1.807, 2.05) is 61.5 Å². The number of amides is 2. The molecule has 0 aliphatic heterocycles. The Kier molecular flexibility index (Phi) is 7.65. The van der Waals surface area contributed by atoms with Gasteiger partial charge < -0.3 is 19.7 Å². The third kappa shape index (κ3) is 5.55. The molecule has 4 aromatic rings. The smallest absolute Gasteiger partial charge is 0.258 e. The Labute approximate surface area is 210 Å². The Morgan fingerprint density at radius 1 is 0.917 bits per heavy atom. The van der Waals surface area contributed by atoms with E-state index in [1.54, 1.807) is 49.4 Å². The average Bonchev–Trinajstić information content (AvgIpc) is 3.37. The minimum atomic E-state index is -0.306. The molecule has 8 heteroatoms. The number of benzene rings is 3. The van der Waals surface area contributed by atoms with E-state index >= 15 is 0 Å². The van der Waals surface area contributed by atoms with Crippen molar-refractivity contribution < 1.29 is 19.1 Å². The highest BCUT2D eigenvalue weighted by atomic mass is 16.5. The van der Waals surface area contributed by atoms with Crippen LogP contribution in [0.2, 0.25) is 0 Å². The van der Waals surface area contributed by atoms with Crippen LogP contribution in [0.4, 0.5) is 5.69 Å². The van der Waals surface area contributed by atoms with Crippen molar-refractivity contribution >= 4 is 17.5 Å². The predicted molar refractivity (Wildman–Crippen MR) is 139 cm³/mol. The first-order valence-corrected chi connectivity index (χ1v) is 11.5. The molecule has 4 rings (SSSR count). The Bertz CT molecular complexity index is 1330. The summed E-state index contributed by atoms with van der Waals surface area (Å²) in [5.41, 5.74) is 3.12. The van der Waals surface area contributed by atoms with Crippen molar-refractivity contribution in [3.8, 4) is 28.4 Å². The summed E-state index contributed by atoms with van der Waals surface area (Å²) in [4.78, 5) is 28.0. The van der Waals surface area contributed by atoms with Crippen molar-refractivity contribution in [3.05, 3.63) is 90.6 Å². The lowest BCUT2D eigenvalue weighted by atomic mass is 10.1. The lowest BCUT2D eigenvalue weighted by molar-refractivity contribution is -0.116. The molecule has 0 radical (unpaired) electrons. The van der Waals surface area contributed by atoms with Crippen molar-refractivity contribution in [1.82, 2.24) is 14.7 Å². The molecule has 0 fully saturated rings. The van der Waals surface area contributed by atoms with Gasteiger partial charge in [-0.1, -0.05) is 24.3 Å². The summed E-state index contributed by atoms with van der Waals surface area (Å²) in [6.07, 6.45) is 1.71. The average molecular weight is 485 g/mol. The molecule has 0 saturated heterocycles. The van der Waals surface area contributed by atoms with Gasteiger partial charge >= 0.3 is 0 Å². The van der Waals surface area contributed by atoms with E-state index in [1.165, 1.54) is 4.90 Å². The zero-order valence-electron chi connectivity index (χ0n) is 20.5. The second-order valence-electron chi connectivity index (χ2n) is 8.00. The van der Waals surface area contributed by atoms with Crippen molar-refractivity contribution in [3.63, 3.8) is 0 Å². The van der Waals surface area contributed by atoms with Crippen LogP contribution in [0.15, 0.2) is 85.1 Å². The molecule has 3 aromatic carbocycles. The van der Waals surface area contributed by atoms with E-state index in [0.29, 0.717) is 35.0 Å². The topological polar surface area (TPSA) is 85.7 Å². The van der Waals surface area contributed by atoms with Crippen LogP contribution in [0.3, 0.4) is 0 Å². The number of nitrogens with zero attached hydrogens (tertiary/aromatic N) is 3. The van der Waals surface area contributed by atoms with Crippen LogP contribution in [0, 0.1) is 0 Å². The molecule has 0 atom stereocenters. The Hall–Kier alpha value is -4.59. The van der Waals surface area contributed by atoms with Crippen molar-refractivity contribution in [2.75, 3.05) is 32.6 Å². The van der Waals surface area contributed by atoms with E-state index in [0.717, 1.165) is 11.3 Å². The highest BCUT2D eigenvalue weighted by molar-refractivity contribution is 6.03. The van der Waals surface area contributed by atoms with Gasteiger partial charge in [0.2, 0.25) is 5.91 Å². The number of anilines is 1. The Balaban J connectivity index is 1.62. The molecule has 8 nitrogen and oxygen atoms in total. The molecule has 1 N–H and O–H groups in total. The summed E-state index contributed by atoms with van der Waals surface area (Å²) in [6.45, 7) is 2.08. The first-order chi connectivity index (χ1) is 17.5. The molecule has 2 amide bonds. The second-order valence-corrected chi connectivity index (χ2v) is 8.00. The van der Waals surface area contributed by atoms with Gasteiger partial charge in [-0.05, 0) is 55.5 Å². The minimum absolute atomic E-state index is 0.106. The molecule has 0 bridgehead atoms. The maximum Gasteiger partial charge on any atom is 0.258 e. The molecule has 0 aliphatic carbocycles. The molecular weight excluding hydrogens is 456 g/mol. The standard InChI is InChI=1S/C28H28N4O4/c1-4-31(19-26(33)29-21-9-8-12-24(17-21)36-3)28(34)25-18-32(22-10-6-5-7-11-22)30-27(25)20-13-15-23(35-2)16-14-20/h5-18H,4,19H2,1-3H3,(H,29,33). The normalized spacial score (nSPS) is 10.5. The maximum absolute atomic E-state index is 13.7. The zero-order chi connectivity index (χ0) is 25.5. The van der Waals surface area contributed by atoms with Crippen LogP contribution in [0.5, 0.6) is 11.5 Å². The van der Waals surface area contributed by atoms with Crippen LogP contribution in [0.25, 0.3) is 16.9 Å². The summed E-state index contributed by atoms with van der Waals surface area (Å²) in [5, 5.41) is 7.55. The SMILES string of the molecule is CCN(CC(=O)Nc1cccc(OC)c1)C(=O)c1cn(-c2ccccc2)nc1-c1ccc(OC)cc1. The van der Waals surface area contributed by atoms with Crippen LogP contribution in [-0.4, -0.2) is 53.8 Å². The van der Waals surface area contributed by atoms with Gasteiger partial charge in [0.05, 0.1) is 25.5 Å². The van der Waals surface area contributed by atoms with Gasteiger partial charge in [0.25, 0.3) is 5.91 Å². The fraction of sp³-hybridized carbons (Fsp3) is 0.179. The number of carbonyl (C=O) groups is 2. The number of methoxy groups -OCH3 is 2. The van der Waals surface area contributed by atoms with E-state index < -0.39 is 0 Å². The maximum atomic E-state index is 13.7. The van der Waals surface area contributed by atoms with Crippen molar-refractivity contribution in [2.45, 2.75) is 6.92 Å². The summed E-state index contributed by atoms with van der Waals surface area (Å²) < 4.78 is 12.2. The summed E-state index contributed by atoms with van der Waals surface area (Å²) in [5.74, 6) is 0.749. The number of para-hydroxylation sites is 1. The molecule has 0 spiro atoms. The highest BCUT2D eigenvalue weighted by Gasteiger charge is 2.24. The number of hydrogen-bond donors (Lipinski definition) is 1. The Morgan fingerprint density at radius 2 is 1.64 bits per heavy atom. The number of carbonyl (C=O) groups excluding carboxylic acids is 2. The predicted octanol–water partition coefficient (Wildman–Crippen LogP) is 4.66. The largest absolute Gasteiger partial charge is 0.497 e. The van der Waals surface area contributed by atoms with Gasteiger partial charge in [0.1, 0.15) is 23.7 Å². The minimum Gasteiger partial charge on any atom is -0.497 e. The van der Waals surface area contributed by atoms with Crippen LogP contribution >= 0.6 is 0 Å². The molecular formula is C28H28N4O4. The third-order valence-electron chi connectivity index (χ3n) is 5.69. The zero-order valence-corrected chi connectivity index (χ0v) is 20.5. The van der Waals surface area contributed by atoms with Gasteiger partial charge in [-0.3, -0.25) is 9.59 Å². The highest BCUT2D eigenvalue weighted by Crippen LogP contribution is 2.27. The number of rotatable bonds is 9. The van der Waals surface area contributed by atoms with Crippen LogP contribution in [-0.2, 0) is 4.79 Å². The van der Waals surface area contributed by atoms with Gasteiger partial charge in [0, 0.05) is 30.1 Å². The molecule has 36 heavy (non-hydrogen) atoms. The van der Waals surface area contributed by atoms with Gasteiger partial charge in [-0.25, -0.2) is 4.68 Å². The number of hydrogen-bond acceptors (Lipinski definition) is 5. The molecule has 0 unspecified atom stereocenters. The van der Waals surface area contributed by atoms with Gasteiger partial charge in [-0.2, -0.15) is 5.10 Å². The Morgan fingerprint density at radius 3 is 2.31 bits per heavy atom. The molecule has 1 aromatic heterocycles. The summed E-state index contributed by atoms with van der Waals surface area (Å²) >= 11 is 0. The fourth-order valence-electron chi connectivity index (χ4n) is 3.78. The second kappa shape index (κ2) is 11.2. The van der Waals surface area contributed by atoms with Crippen molar-refractivity contribution in [1.29, 1.82) is 0 Å². The first-order valence-electron chi connectivity index (χ1n) is 11.5. The quantitative estimate of drug-likeness (QED) is 0.374. The van der Waals surface area contributed by atoms with E-state index in [4.69, 9.17) is 14.6 Å². The van der Waals surface area contributed by atoms with Gasteiger partial charge in [-0.15, -0.1) is 0 Å². The first kappa shape index (κ1) is 24.5. The van der Waals surface area contributed by atoms with Crippen molar-refractivity contribution in [2.24, 2.45) is 0 Å². The number of ether oxygens (including phenoxy) is 2. The lowest BCUT2D eigenvalue weighted by Crippen LogP contribution is -2.38. The van der Waals surface area contributed by atoms with E-state index in [2.05, 4.69) is 5.32 Å². The number of nitrogens with one attached hydrogen (secondary N) is 1. The molecule has 0 aliphatic rings. The monoisotopic (exact) mass is 484 g/mol. The molecule has 184 valence electrons. The van der Waals surface area contributed by atoms with Crippen LogP contribution < -0.4 is 14.8 Å². The fourth-order valence-corrected chi connectivity index (χ4v) is 3.78.